The number of hydrogen-bond acceptors (Lipinski definition) is 2. The van der Waals surface area contributed by atoms with E-state index in [1.165, 1.54) is 0 Å². The van der Waals surface area contributed by atoms with Crippen LogP contribution in [0.1, 0.15) is 45.1 Å². The second-order valence-corrected chi connectivity index (χ2v) is 7.78. The minimum absolute atomic E-state index is 0.0927. The molecular formula is C16H21Cl2NO2. The van der Waals surface area contributed by atoms with Gasteiger partial charge in [-0.2, -0.15) is 0 Å². The van der Waals surface area contributed by atoms with Gasteiger partial charge in [-0.15, -0.1) is 0 Å². The number of carbonyl (C=O) groups is 1. The molecule has 1 aliphatic heterocycles. The molecule has 0 amide bonds. The van der Waals surface area contributed by atoms with Crippen LogP contribution in [0.5, 0.6) is 0 Å². The van der Waals surface area contributed by atoms with E-state index in [9.17, 15) is 9.90 Å². The van der Waals surface area contributed by atoms with Crippen LogP contribution in [0.3, 0.4) is 0 Å². The van der Waals surface area contributed by atoms with Crippen LogP contribution in [0.15, 0.2) is 18.2 Å². The van der Waals surface area contributed by atoms with Gasteiger partial charge in [0.25, 0.3) is 0 Å². The van der Waals surface area contributed by atoms with Gasteiger partial charge in [-0.1, -0.05) is 50.0 Å². The SMILES string of the molecule is CC(C)(C)CC1NC(C(=O)O)CC1c1ccc(Cl)cc1Cl. The Labute approximate surface area is 135 Å². The largest absolute Gasteiger partial charge is 0.480 e. The van der Waals surface area contributed by atoms with E-state index in [0.717, 1.165) is 12.0 Å². The fourth-order valence-electron chi connectivity index (χ4n) is 3.04. The van der Waals surface area contributed by atoms with Crippen molar-refractivity contribution in [1.82, 2.24) is 5.32 Å². The van der Waals surface area contributed by atoms with Crippen LogP contribution in [-0.2, 0) is 4.79 Å². The average molecular weight is 330 g/mol. The number of aliphatic carboxylic acids is 1. The molecule has 3 atom stereocenters. The molecule has 0 aliphatic carbocycles. The van der Waals surface area contributed by atoms with Gasteiger partial charge in [0.15, 0.2) is 0 Å². The van der Waals surface area contributed by atoms with Crippen molar-refractivity contribution in [3.63, 3.8) is 0 Å². The van der Waals surface area contributed by atoms with E-state index >= 15 is 0 Å². The number of nitrogens with one attached hydrogen (secondary N) is 1. The molecule has 3 unspecified atom stereocenters. The number of rotatable bonds is 3. The van der Waals surface area contributed by atoms with Crippen molar-refractivity contribution < 1.29 is 9.90 Å². The van der Waals surface area contributed by atoms with Crippen LogP contribution in [0.25, 0.3) is 0 Å². The first-order valence-corrected chi connectivity index (χ1v) is 7.87. The van der Waals surface area contributed by atoms with Gasteiger partial charge >= 0.3 is 5.97 Å². The van der Waals surface area contributed by atoms with E-state index in [1.807, 2.05) is 12.1 Å². The molecule has 0 bridgehead atoms. The van der Waals surface area contributed by atoms with Gasteiger partial charge in [0.05, 0.1) is 0 Å². The monoisotopic (exact) mass is 329 g/mol. The Kier molecular flexibility index (Phi) is 4.86. The molecule has 116 valence electrons. The number of hydrogen-bond donors (Lipinski definition) is 2. The van der Waals surface area contributed by atoms with E-state index < -0.39 is 12.0 Å². The zero-order valence-corrected chi connectivity index (χ0v) is 14.0. The molecule has 0 radical (unpaired) electrons. The molecule has 5 heteroatoms. The van der Waals surface area contributed by atoms with E-state index in [-0.39, 0.29) is 17.4 Å². The fraction of sp³-hybridized carbons (Fsp3) is 0.562. The molecule has 1 aromatic carbocycles. The maximum atomic E-state index is 11.3. The summed E-state index contributed by atoms with van der Waals surface area (Å²) in [6.45, 7) is 6.47. The molecule has 3 nitrogen and oxygen atoms in total. The van der Waals surface area contributed by atoms with Gasteiger partial charge in [-0.25, -0.2) is 0 Å². The Morgan fingerprint density at radius 3 is 2.57 bits per heavy atom. The van der Waals surface area contributed by atoms with E-state index in [0.29, 0.717) is 16.5 Å². The highest BCUT2D eigenvalue weighted by atomic mass is 35.5. The van der Waals surface area contributed by atoms with Crippen molar-refractivity contribution in [2.75, 3.05) is 0 Å². The highest BCUT2D eigenvalue weighted by Crippen LogP contribution is 2.40. The van der Waals surface area contributed by atoms with E-state index in [4.69, 9.17) is 23.2 Å². The highest BCUT2D eigenvalue weighted by molar-refractivity contribution is 6.35. The van der Waals surface area contributed by atoms with Crippen molar-refractivity contribution in [2.45, 2.75) is 51.6 Å². The summed E-state index contributed by atoms with van der Waals surface area (Å²) in [6.07, 6.45) is 1.44. The van der Waals surface area contributed by atoms with Gasteiger partial charge in [-0.3, -0.25) is 4.79 Å². The second-order valence-electron chi connectivity index (χ2n) is 6.94. The van der Waals surface area contributed by atoms with Crippen LogP contribution in [0, 0.1) is 5.41 Å². The third kappa shape index (κ3) is 4.12. The topological polar surface area (TPSA) is 49.3 Å². The predicted molar refractivity (Wildman–Crippen MR) is 86.2 cm³/mol. The summed E-state index contributed by atoms with van der Waals surface area (Å²) < 4.78 is 0. The molecule has 0 spiro atoms. The van der Waals surface area contributed by atoms with Crippen LogP contribution in [-0.4, -0.2) is 23.2 Å². The lowest BCUT2D eigenvalue weighted by molar-refractivity contribution is -0.139. The molecule has 1 saturated heterocycles. The molecule has 21 heavy (non-hydrogen) atoms. The van der Waals surface area contributed by atoms with E-state index in [2.05, 4.69) is 26.1 Å². The summed E-state index contributed by atoms with van der Waals surface area (Å²) in [5, 5.41) is 13.7. The number of carboxylic acid groups (broad SMARTS) is 1. The maximum Gasteiger partial charge on any atom is 0.320 e. The molecule has 1 aromatic rings. The van der Waals surface area contributed by atoms with Crippen molar-refractivity contribution in [1.29, 1.82) is 0 Å². The zero-order chi connectivity index (χ0) is 15.8. The molecule has 0 aromatic heterocycles. The van der Waals surface area contributed by atoms with E-state index in [1.54, 1.807) is 6.07 Å². The molecule has 1 aliphatic rings. The Bertz CT molecular complexity index is 540. The molecule has 2 N–H and O–H groups in total. The number of benzene rings is 1. The second kappa shape index (κ2) is 6.15. The average Bonchev–Trinajstić information content (AvgIpc) is 2.70. The summed E-state index contributed by atoms with van der Waals surface area (Å²) in [7, 11) is 0. The lowest BCUT2D eigenvalue weighted by Gasteiger charge is -2.28. The first kappa shape index (κ1) is 16.6. The summed E-state index contributed by atoms with van der Waals surface area (Å²) in [4.78, 5) is 11.3. The Morgan fingerprint density at radius 1 is 1.38 bits per heavy atom. The first-order valence-electron chi connectivity index (χ1n) is 7.11. The van der Waals surface area contributed by atoms with Gasteiger partial charge < -0.3 is 10.4 Å². The lowest BCUT2D eigenvalue weighted by Crippen LogP contribution is -2.38. The third-order valence-corrected chi connectivity index (χ3v) is 4.45. The summed E-state index contributed by atoms with van der Waals surface area (Å²) in [5.41, 5.74) is 1.09. The lowest BCUT2D eigenvalue weighted by atomic mass is 9.81. The molecule has 1 heterocycles. The van der Waals surface area contributed by atoms with Crippen LogP contribution >= 0.6 is 23.2 Å². The van der Waals surface area contributed by atoms with Gasteiger partial charge in [-0.05, 0) is 36.0 Å². The summed E-state index contributed by atoms with van der Waals surface area (Å²) >= 11 is 12.3. The Hall–Kier alpha value is -0.770. The van der Waals surface area contributed by atoms with Crippen molar-refractivity contribution in [2.24, 2.45) is 5.41 Å². The summed E-state index contributed by atoms with van der Waals surface area (Å²) in [5.74, 6) is -0.711. The molecular weight excluding hydrogens is 309 g/mol. The number of carboxylic acids is 1. The standard InChI is InChI=1S/C16H21Cl2NO2/c1-16(2,3)8-14-11(7-13(19-14)15(20)21)10-5-4-9(17)6-12(10)18/h4-6,11,13-14,19H,7-8H2,1-3H3,(H,20,21). The number of halogens is 2. The smallest absolute Gasteiger partial charge is 0.320 e. The van der Waals surface area contributed by atoms with Gasteiger partial charge in [0, 0.05) is 22.0 Å². The first-order chi connectivity index (χ1) is 9.67. The van der Waals surface area contributed by atoms with Crippen molar-refractivity contribution >= 4 is 29.2 Å². The fourth-order valence-corrected chi connectivity index (χ4v) is 3.59. The van der Waals surface area contributed by atoms with Gasteiger partial charge in [0.2, 0.25) is 0 Å². The van der Waals surface area contributed by atoms with Crippen molar-refractivity contribution in [3.05, 3.63) is 33.8 Å². The Morgan fingerprint density at radius 2 is 2.05 bits per heavy atom. The van der Waals surface area contributed by atoms with Crippen LogP contribution in [0.2, 0.25) is 10.0 Å². The predicted octanol–water partition coefficient (Wildman–Crippen LogP) is 4.33. The maximum absolute atomic E-state index is 11.3. The van der Waals surface area contributed by atoms with Gasteiger partial charge in [0.1, 0.15) is 6.04 Å². The highest BCUT2D eigenvalue weighted by Gasteiger charge is 2.40. The molecule has 1 fully saturated rings. The molecule has 2 rings (SSSR count). The summed E-state index contributed by atoms with van der Waals surface area (Å²) in [6, 6.07) is 5.03. The minimum Gasteiger partial charge on any atom is -0.480 e. The molecule has 0 saturated carbocycles. The zero-order valence-electron chi connectivity index (χ0n) is 12.5. The quantitative estimate of drug-likeness (QED) is 0.867. The van der Waals surface area contributed by atoms with Crippen LogP contribution in [0.4, 0.5) is 0 Å². The third-order valence-electron chi connectivity index (χ3n) is 3.88. The van der Waals surface area contributed by atoms with Crippen molar-refractivity contribution in [3.8, 4) is 0 Å². The Balaban J connectivity index is 2.30. The normalized spacial score (nSPS) is 26.0. The van der Waals surface area contributed by atoms with Crippen LogP contribution < -0.4 is 5.32 Å². The minimum atomic E-state index is -0.804.